The quantitative estimate of drug-likeness (QED) is 0.853. The lowest BCUT2D eigenvalue weighted by Crippen LogP contribution is -2.43. The smallest absolute Gasteiger partial charge is 0.261 e. The molecule has 0 fully saturated rings. The van der Waals surface area contributed by atoms with Crippen LogP contribution in [0.2, 0.25) is 0 Å². The van der Waals surface area contributed by atoms with Crippen molar-refractivity contribution in [3.63, 3.8) is 0 Å². The van der Waals surface area contributed by atoms with Crippen LogP contribution in [0.1, 0.15) is 19.4 Å². The Labute approximate surface area is 137 Å². The first-order valence-electron chi connectivity index (χ1n) is 7.76. The Balaban J connectivity index is 1.76. The number of para-hydroxylation sites is 1. The number of ether oxygens (including phenoxy) is 2. The maximum atomic E-state index is 12.1. The minimum atomic E-state index is -0.556. The third-order valence-electron chi connectivity index (χ3n) is 3.33. The first kappa shape index (κ1) is 16.9. The number of hydrogen-bond acceptors (Lipinski definition) is 3. The standard InChI is InChI=1S/C19H23NO3/c1-14-9-11-17(12-10-14)22-13-15(2)20-19(21)16(3)23-18-7-5-4-6-8-18/h4-12,15-16H,13H2,1-3H3,(H,20,21)/t15-,16+/m0/s1. The van der Waals surface area contributed by atoms with Crippen molar-refractivity contribution in [2.75, 3.05) is 6.61 Å². The van der Waals surface area contributed by atoms with Crippen LogP contribution in [-0.2, 0) is 4.79 Å². The van der Waals surface area contributed by atoms with Crippen LogP contribution in [-0.4, -0.2) is 24.7 Å². The summed E-state index contributed by atoms with van der Waals surface area (Å²) in [5.74, 6) is 1.32. The van der Waals surface area contributed by atoms with E-state index in [2.05, 4.69) is 5.32 Å². The van der Waals surface area contributed by atoms with Crippen molar-refractivity contribution in [1.29, 1.82) is 0 Å². The summed E-state index contributed by atoms with van der Waals surface area (Å²) < 4.78 is 11.3. The summed E-state index contributed by atoms with van der Waals surface area (Å²) in [6.45, 7) is 6.07. The second kappa shape index (κ2) is 8.22. The highest BCUT2D eigenvalue weighted by Gasteiger charge is 2.17. The highest BCUT2D eigenvalue weighted by molar-refractivity contribution is 5.80. The van der Waals surface area contributed by atoms with Gasteiger partial charge in [0.1, 0.15) is 18.1 Å². The number of nitrogens with one attached hydrogen (secondary N) is 1. The van der Waals surface area contributed by atoms with E-state index in [-0.39, 0.29) is 11.9 Å². The van der Waals surface area contributed by atoms with Gasteiger partial charge in [0.15, 0.2) is 6.10 Å². The van der Waals surface area contributed by atoms with Gasteiger partial charge in [0.2, 0.25) is 0 Å². The molecule has 2 aromatic rings. The molecule has 0 heterocycles. The molecule has 2 rings (SSSR count). The molecule has 23 heavy (non-hydrogen) atoms. The lowest BCUT2D eigenvalue weighted by molar-refractivity contribution is -0.128. The lowest BCUT2D eigenvalue weighted by Gasteiger charge is -2.19. The summed E-state index contributed by atoms with van der Waals surface area (Å²) in [5.41, 5.74) is 1.19. The van der Waals surface area contributed by atoms with Crippen LogP contribution in [0, 0.1) is 6.92 Å². The first-order chi connectivity index (χ1) is 11.0. The van der Waals surface area contributed by atoms with Gasteiger partial charge in [0.25, 0.3) is 5.91 Å². The maximum absolute atomic E-state index is 12.1. The fraction of sp³-hybridized carbons (Fsp3) is 0.316. The van der Waals surface area contributed by atoms with Gasteiger partial charge in [0.05, 0.1) is 6.04 Å². The fourth-order valence-corrected chi connectivity index (χ4v) is 2.01. The van der Waals surface area contributed by atoms with Crippen molar-refractivity contribution in [1.82, 2.24) is 5.32 Å². The van der Waals surface area contributed by atoms with E-state index in [4.69, 9.17) is 9.47 Å². The van der Waals surface area contributed by atoms with Crippen LogP contribution in [0.5, 0.6) is 11.5 Å². The Morgan fingerprint density at radius 1 is 1.00 bits per heavy atom. The largest absolute Gasteiger partial charge is 0.491 e. The van der Waals surface area contributed by atoms with E-state index >= 15 is 0 Å². The first-order valence-corrected chi connectivity index (χ1v) is 7.76. The summed E-state index contributed by atoms with van der Waals surface area (Å²) in [7, 11) is 0. The third kappa shape index (κ3) is 5.66. The summed E-state index contributed by atoms with van der Waals surface area (Å²) >= 11 is 0. The molecule has 0 saturated carbocycles. The van der Waals surface area contributed by atoms with Crippen molar-refractivity contribution < 1.29 is 14.3 Å². The minimum Gasteiger partial charge on any atom is -0.491 e. The number of hydrogen-bond donors (Lipinski definition) is 1. The molecule has 0 unspecified atom stereocenters. The molecule has 2 aromatic carbocycles. The Morgan fingerprint density at radius 3 is 2.30 bits per heavy atom. The van der Waals surface area contributed by atoms with Gasteiger partial charge in [-0.3, -0.25) is 4.79 Å². The van der Waals surface area contributed by atoms with Crippen LogP contribution in [0.3, 0.4) is 0 Å². The van der Waals surface area contributed by atoms with Gasteiger partial charge in [-0.15, -0.1) is 0 Å². The van der Waals surface area contributed by atoms with Crippen LogP contribution < -0.4 is 14.8 Å². The maximum Gasteiger partial charge on any atom is 0.261 e. The average Bonchev–Trinajstić information content (AvgIpc) is 2.55. The number of aryl methyl sites for hydroxylation is 1. The number of amides is 1. The molecule has 4 heteroatoms. The molecule has 0 aliphatic carbocycles. The van der Waals surface area contributed by atoms with E-state index in [0.717, 1.165) is 5.75 Å². The molecule has 0 aromatic heterocycles. The van der Waals surface area contributed by atoms with Gasteiger partial charge in [-0.25, -0.2) is 0 Å². The molecule has 2 atom stereocenters. The van der Waals surface area contributed by atoms with Gasteiger partial charge in [-0.2, -0.15) is 0 Å². The van der Waals surface area contributed by atoms with Gasteiger partial charge >= 0.3 is 0 Å². The average molecular weight is 313 g/mol. The van der Waals surface area contributed by atoms with Crippen LogP contribution in [0.25, 0.3) is 0 Å². The molecule has 122 valence electrons. The minimum absolute atomic E-state index is 0.106. The van der Waals surface area contributed by atoms with Crippen molar-refractivity contribution in [2.45, 2.75) is 32.9 Å². The van der Waals surface area contributed by atoms with Crippen molar-refractivity contribution >= 4 is 5.91 Å². The second-order valence-corrected chi connectivity index (χ2v) is 5.61. The Kier molecular flexibility index (Phi) is 6.03. The molecule has 0 bridgehead atoms. The summed E-state index contributed by atoms with van der Waals surface area (Å²) in [6.07, 6.45) is -0.556. The normalized spacial score (nSPS) is 13.0. The monoisotopic (exact) mass is 313 g/mol. The van der Waals surface area contributed by atoms with Crippen LogP contribution in [0.4, 0.5) is 0 Å². The summed E-state index contributed by atoms with van der Waals surface area (Å²) in [5, 5.41) is 2.89. The number of rotatable bonds is 7. The third-order valence-corrected chi connectivity index (χ3v) is 3.33. The van der Waals surface area contributed by atoms with E-state index in [1.807, 2.05) is 68.4 Å². The summed E-state index contributed by atoms with van der Waals surface area (Å²) in [6, 6.07) is 17.0. The van der Waals surface area contributed by atoms with E-state index in [9.17, 15) is 4.79 Å². The molecule has 1 amide bonds. The molecular weight excluding hydrogens is 290 g/mol. The Morgan fingerprint density at radius 2 is 1.65 bits per heavy atom. The zero-order chi connectivity index (χ0) is 16.7. The zero-order valence-corrected chi connectivity index (χ0v) is 13.8. The lowest BCUT2D eigenvalue weighted by atomic mass is 10.2. The van der Waals surface area contributed by atoms with Crippen LogP contribution in [0.15, 0.2) is 54.6 Å². The van der Waals surface area contributed by atoms with E-state index in [0.29, 0.717) is 12.4 Å². The van der Waals surface area contributed by atoms with Crippen molar-refractivity contribution in [3.05, 3.63) is 60.2 Å². The van der Waals surface area contributed by atoms with Gasteiger partial charge in [-0.1, -0.05) is 35.9 Å². The molecule has 0 aliphatic heterocycles. The predicted octanol–water partition coefficient (Wildman–Crippen LogP) is 3.35. The number of carbonyl (C=O) groups excluding carboxylic acids is 1. The van der Waals surface area contributed by atoms with Gasteiger partial charge in [-0.05, 0) is 45.0 Å². The highest BCUT2D eigenvalue weighted by Crippen LogP contribution is 2.12. The molecular formula is C19H23NO3. The molecule has 0 spiro atoms. The zero-order valence-electron chi connectivity index (χ0n) is 13.8. The summed E-state index contributed by atoms with van der Waals surface area (Å²) in [4.78, 5) is 12.1. The highest BCUT2D eigenvalue weighted by atomic mass is 16.5. The fourth-order valence-electron chi connectivity index (χ4n) is 2.01. The SMILES string of the molecule is Cc1ccc(OC[C@H](C)NC(=O)[C@@H](C)Oc2ccccc2)cc1. The van der Waals surface area contributed by atoms with E-state index in [1.165, 1.54) is 5.56 Å². The predicted molar refractivity (Wildman–Crippen MR) is 90.8 cm³/mol. The Hall–Kier alpha value is -2.49. The van der Waals surface area contributed by atoms with E-state index in [1.54, 1.807) is 6.92 Å². The van der Waals surface area contributed by atoms with Gasteiger partial charge in [0, 0.05) is 0 Å². The number of carbonyl (C=O) groups is 1. The number of benzene rings is 2. The van der Waals surface area contributed by atoms with Crippen molar-refractivity contribution in [3.8, 4) is 11.5 Å². The second-order valence-electron chi connectivity index (χ2n) is 5.61. The molecule has 4 nitrogen and oxygen atoms in total. The van der Waals surface area contributed by atoms with Crippen molar-refractivity contribution in [2.24, 2.45) is 0 Å². The molecule has 1 N–H and O–H groups in total. The molecule has 0 saturated heterocycles. The molecule has 0 radical (unpaired) electrons. The van der Waals surface area contributed by atoms with E-state index < -0.39 is 6.10 Å². The van der Waals surface area contributed by atoms with Gasteiger partial charge < -0.3 is 14.8 Å². The van der Waals surface area contributed by atoms with Crippen LogP contribution >= 0.6 is 0 Å². The molecule has 0 aliphatic rings. The Bertz CT molecular complexity index is 610. The topological polar surface area (TPSA) is 47.6 Å².